The Balaban J connectivity index is 1.37. The largest absolute Gasteiger partial charge is 0.481 e. The molecule has 13 heteroatoms. The molecule has 42 heavy (non-hydrogen) atoms. The van der Waals surface area contributed by atoms with Crippen LogP contribution in [0.5, 0.6) is 11.5 Å². The zero-order valence-corrected chi connectivity index (χ0v) is 23.5. The lowest BCUT2D eigenvalue weighted by Gasteiger charge is -2.10. The van der Waals surface area contributed by atoms with E-state index in [9.17, 15) is 23.0 Å². The number of nitrogens with one attached hydrogen (secondary N) is 3. The molecule has 218 valence electrons. The number of anilines is 2. The van der Waals surface area contributed by atoms with Crippen molar-refractivity contribution in [1.82, 2.24) is 9.97 Å². The molecule has 0 aliphatic rings. The first-order valence-corrected chi connectivity index (χ1v) is 14.8. The van der Waals surface area contributed by atoms with E-state index in [0.29, 0.717) is 28.6 Å². The third-order valence-corrected chi connectivity index (χ3v) is 7.44. The molecule has 0 spiro atoms. The van der Waals surface area contributed by atoms with Gasteiger partial charge in [-0.05, 0) is 67.4 Å². The number of aromatic nitrogens is 2. The van der Waals surface area contributed by atoms with Crippen molar-refractivity contribution >= 4 is 39.0 Å². The second-order valence-corrected chi connectivity index (χ2v) is 11.9. The molecule has 0 radical (unpaired) electrons. The highest BCUT2D eigenvalue weighted by Crippen LogP contribution is 2.27. The predicted molar refractivity (Wildman–Crippen MR) is 157 cm³/mol. The molecule has 1 unspecified atom stereocenters. The minimum Gasteiger partial charge on any atom is -0.481 e. The third-order valence-electron chi connectivity index (χ3n) is 5.85. The summed E-state index contributed by atoms with van der Waals surface area (Å²) < 4.78 is 36.2. The van der Waals surface area contributed by atoms with E-state index in [0.717, 1.165) is 5.56 Å². The van der Waals surface area contributed by atoms with E-state index in [-0.39, 0.29) is 29.8 Å². The maximum atomic E-state index is 13.9. The molecule has 0 saturated heterocycles. The summed E-state index contributed by atoms with van der Waals surface area (Å²) in [6, 6.07) is 15.2. The number of aryl methyl sites for hydroxylation is 1. The fraction of sp³-hybridized carbons (Fsp3) is 0.172. The smallest absolute Gasteiger partial charge is 0.323 e. The second kappa shape index (κ2) is 13.1. The fourth-order valence-corrected chi connectivity index (χ4v) is 5.04. The summed E-state index contributed by atoms with van der Waals surface area (Å²) >= 11 is 0. The van der Waals surface area contributed by atoms with Crippen molar-refractivity contribution in [2.24, 2.45) is 4.36 Å². The molecule has 0 saturated carbocycles. The Morgan fingerprint density at radius 1 is 1.05 bits per heavy atom. The van der Waals surface area contributed by atoms with Crippen molar-refractivity contribution in [1.29, 1.82) is 0 Å². The number of H-pyrrole nitrogens is 1. The first-order chi connectivity index (χ1) is 20.0. The zero-order valence-electron chi connectivity index (χ0n) is 22.7. The van der Waals surface area contributed by atoms with Crippen LogP contribution in [0, 0.1) is 12.7 Å². The lowest BCUT2D eigenvalue weighted by Crippen LogP contribution is -2.20. The number of nitrogens with zero attached hydrogens (tertiary/aromatic N) is 2. The minimum atomic E-state index is -2.88. The Kier molecular flexibility index (Phi) is 9.32. The number of aromatic amines is 1. The summed E-state index contributed by atoms with van der Waals surface area (Å²) in [5.74, 6) is -1.29. The van der Waals surface area contributed by atoms with Gasteiger partial charge in [0.05, 0.1) is 32.4 Å². The lowest BCUT2D eigenvalue weighted by atomic mass is 10.2. The molecule has 0 aliphatic carbocycles. The van der Waals surface area contributed by atoms with Crippen LogP contribution in [-0.4, -0.2) is 49.2 Å². The Morgan fingerprint density at radius 3 is 2.55 bits per heavy atom. The SMILES string of the molecule is Cc1ccc(F)c(NC(=O)Nc2ccc(Oc3ccnc(-c4cc(C(=O)N=S(C)(=O)CCCC(=O)O)c[nH]4)c3)cc2)c1. The zero-order chi connectivity index (χ0) is 30.3. The summed E-state index contributed by atoms with van der Waals surface area (Å²) in [5.41, 5.74) is 2.51. The third kappa shape index (κ3) is 8.48. The number of pyridine rings is 1. The monoisotopic (exact) mass is 593 g/mol. The van der Waals surface area contributed by atoms with Gasteiger partial charge in [-0.1, -0.05) is 6.07 Å². The summed E-state index contributed by atoms with van der Waals surface area (Å²) in [7, 11) is -2.88. The van der Waals surface area contributed by atoms with E-state index in [1.54, 1.807) is 49.4 Å². The summed E-state index contributed by atoms with van der Waals surface area (Å²) in [4.78, 5) is 42.8. The average molecular weight is 594 g/mol. The van der Waals surface area contributed by atoms with E-state index < -0.39 is 33.5 Å². The number of halogens is 1. The van der Waals surface area contributed by atoms with Crippen molar-refractivity contribution < 1.29 is 32.8 Å². The van der Waals surface area contributed by atoms with Gasteiger partial charge in [0, 0.05) is 42.6 Å². The number of rotatable bonds is 10. The Bertz CT molecular complexity index is 1750. The van der Waals surface area contributed by atoms with Crippen LogP contribution in [0.1, 0.15) is 28.8 Å². The van der Waals surface area contributed by atoms with Gasteiger partial charge in [0.25, 0.3) is 5.91 Å². The van der Waals surface area contributed by atoms with Gasteiger partial charge in [0.15, 0.2) is 0 Å². The molecule has 4 aromatic rings. The van der Waals surface area contributed by atoms with Crippen LogP contribution in [-0.2, 0) is 14.5 Å². The van der Waals surface area contributed by atoms with E-state index in [2.05, 4.69) is 25.0 Å². The molecule has 11 nitrogen and oxygen atoms in total. The number of carboxylic acid groups (broad SMARTS) is 1. The molecular formula is C29H28FN5O6S. The lowest BCUT2D eigenvalue weighted by molar-refractivity contribution is -0.137. The molecule has 4 N–H and O–H groups in total. The average Bonchev–Trinajstić information content (AvgIpc) is 3.42. The van der Waals surface area contributed by atoms with Crippen LogP contribution >= 0.6 is 0 Å². The first-order valence-electron chi connectivity index (χ1n) is 12.7. The first kappa shape index (κ1) is 29.9. The number of benzene rings is 2. The molecule has 0 aliphatic heterocycles. The Morgan fingerprint density at radius 2 is 1.81 bits per heavy atom. The number of carbonyl (C=O) groups excluding carboxylic acids is 2. The van der Waals surface area contributed by atoms with Gasteiger partial charge in [0.2, 0.25) is 0 Å². The highest BCUT2D eigenvalue weighted by molar-refractivity contribution is 7.93. The molecule has 2 heterocycles. The molecule has 0 bridgehead atoms. The van der Waals surface area contributed by atoms with Crippen molar-refractivity contribution in [3.05, 3.63) is 90.0 Å². The number of hydrogen-bond donors (Lipinski definition) is 4. The van der Waals surface area contributed by atoms with Gasteiger partial charge < -0.3 is 25.5 Å². The van der Waals surface area contributed by atoms with Crippen LogP contribution in [0.15, 0.2) is 77.4 Å². The molecule has 3 amide bonds. The summed E-state index contributed by atoms with van der Waals surface area (Å²) in [6.45, 7) is 1.79. The molecule has 1 atom stereocenters. The topological polar surface area (TPSA) is 163 Å². The molecule has 0 fully saturated rings. The standard InChI is InChI=1S/C29H28FN5O6S/c1-18-5-10-23(30)24(14-18)34-29(39)33-20-6-8-21(9-7-20)41-22-11-12-31-26(16-22)25-15-19(17-32-25)28(38)35-42(2,40)13-3-4-27(36)37/h5-12,14-17,32H,3-4,13H2,1-2H3,(H,36,37)(H2,33,34,39). The van der Waals surface area contributed by atoms with Crippen molar-refractivity contribution in [2.45, 2.75) is 19.8 Å². The van der Waals surface area contributed by atoms with Gasteiger partial charge in [-0.15, -0.1) is 0 Å². The molecule has 2 aromatic carbocycles. The van der Waals surface area contributed by atoms with Crippen LogP contribution in [0.3, 0.4) is 0 Å². The number of carbonyl (C=O) groups is 3. The van der Waals surface area contributed by atoms with Crippen LogP contribution in [0.4, 0.5) is 20.6 Å². The number of ether oxygens (including phenoxy) is 1. The van der Waals surface area contributed by atoms with E-state index in [1.807, 2.05) is 0 Å². The van der Waals surface area contributed by atoms with Gasteiger partial charge >= 0.3 is 12.0 Å². The summed E-state index contributed by atoms with van der Waals surface area (Å²) in [6.07, 6.45) is 4.29. The van der Waals surface area contributed by atoms with Crippen LogP contribution in [0.25, 0.3) is 11.4 Å². The Labute approximate surface area is 241 Å². The quantitative estimate of drug-likeness (QED) is 0.174. The minimum absolute atomic E-state index is 0.000882. The van der Waals surface area contributed by atoms with Crippen LogP contribution in [0.2, 0.25) is 0 Å². The van der Waals surface area contributed by atoms with Crippen LogP contribution < -0.4 is 15.4 Å². The number of carboxylic acids is 1. The highest BCUT2D eigenvalue weighted by atomic mass is 32.2. The highest BCUT2D eigenvalue weighted by Gasteiger charge is 2.14. The van der Waals surface area contributed by atoms with Crippen molar-refractivity contribution in [3.63, 3.8) is 0 Å². The Hall–Kier alpha value is -5.04. The van der Waals surface area contributed by atoms with Crippen molar-refractivity contribution in [2.75, 3.05) is 22.6 Å². The fourth-order valence-electron chi connectivity index (χ4n) is 3.81. The number of hydrogen-bond acceptors (Lipinski definition) is 6. The number of urea groups is 1. The molecule has 4 rings (SSSR count). The maximum Gasteiger partial charge on any atom is 0.323 e. The van der Waals surface area contributed by atoms with E-state index in [4.69, 9.17) is 9.84 Å². The van der Waals surface area contributed by atoms with Gasteiger partial charge in [-0.3, -0.25) is 14.6 Å². The van der Waals surface area contributed by atoms with Gasteiger partial charge in [-0.2, -0.15) is 4.36 Å². The van der Waals surface area contributed by atoms with Gasteiger partial charge in [0.1, 0.15) is 17.3 Å². The second-order valence-electron chi connectivity index (χ2n) is 9.42. The van der Waals surface area contributed by atoms with E-state index >= 15 is 0 Å². The van der Waals surface area contributed by atoms with Gasteiger partial charge in [-0.25, -0.2) is 13.4 Å². The van der Waals surface area contributed by atoms with Crippen molar-refractivity contribution in [3.8, 4) is 22.9 Å². The number of amides is 3. The normalized spacial score (nSPS) is 12.2. The molecular weight excluding hydrogens is 565 g/mol. The predicted octanol–water partition coefficient (Wildman–Crippen LogP) is 6.06. The summed E-state index contributed by atoms with van der Waals surface area (Å²) in [5, 5.41) is 13.9. The molecule has 2 aromatic heterocycles. The number of aliphatic carboxylic acids is 1. The van der Waals surface area contributed by atoms with E-state index in [1.165, 1.54) is 36.8 Å². The maximum absolute atomic E-state index is 13.9.